The molecule has 1 saturated carbocycles. The first-order chi connectivity index (χ1) is 8.74. The average Bonchev–Trinajstić information content (AvgIpc) is 2.33. The van der Waals surface area contributed by atoms with E-state index in [2.05, 4.69) is 17.6 Å². The highest BCUT2D eigenvalue weighted by Gasteiger charge is 2.31. The monoisotopic (exact) mass is 252 g/mol. The Morgan fingerprint density at radius 2 is 2.06 bits per heavy atom. The van der Waals surface area contributed by atoms with Gasteiger partial charge in [-0.3, -0.25) is 4.79 Å². The van der Waals surface area contributed by atoms with Gasteiger partial charge in [-0.25, -0.2) is 0 Å². The van der Waals surface area contributed by atoms with Crippen molar-refractivity contribution in [3.05, 3.63) is 0 Å². The molecule has 3 nitrogen and oxygen atoms in total. The summed E-state index contributed by atoms with van der Waals surface area (Å²) >= 11 is 0. The summed E-state index contributed by atoms with van der Waals surface area (Å²) in [6, 6.07) is 0. The van der Waals surface area contributed by atoms with Gasteiger partial charge in [0.1, 0.15) is 0 Å². The molecule has 104 valence electrons. The zero-order valence-electron chi connectivity index (χ0n) is 11.8. The number of carbonyl (C=O) groups excluding carboxylic acids is 1. The number of nitrogens with one attached hydrogen (secondary N) is 2. The van der Waals surface area contributed by atoms with Gasteiger partial charge in [0, 0.05) is 13.0 Å². The van der Waals surface area contributed by atoms with Crippen LogP contribution in [0.5, 0.6) is 0 Å². The van der Waals surface area contributed by atoms with Gasteiger partial charge in [0.05, 0.1) is 0 Å². The van der Waals surface area contributed by atoms with Gasteiger partial charge in [-0.1, -0.05) is 19.8 Å². The molecule has 2 rings (SSSR count). The quantitative estimate of drug-likeness (QED) is 0.762. The van der Waals surface area contributed by atoms with Gasteiger partial charge in [0.15, 0.2) is 0 Å². The lowest BCUT2D eigenvalue weighted by Gasteiger charge is -2.38. The summed E-state index contributed by atoms with van der Waals surface area (Å²) in [7, 11) is 0. The SMILES string of the molecule is CCCC1(CNC(=O)CC2CCC2)CCNCC1. The maximum Gasteiger partial charge on any atom is 0.220 e. The van der Waals surface area contributed by atoms with Gasteiger partial charge in [0.2, 0.25) is 5.91 Å². The van der Waals surface area contributed by atoms with E-state index in [1.807, 2.05) is 0 Å². The van der Waals surface area contributed by atoms with E-state index < -0.39 is 0 Å². The van der Waals surface area contributed by atoms with Crippen molar-refractivity contribution in [1.29, 1.82) is 0 Å². The van der Waals surface area contributed by atoms with E-state index in [0.29, 0.717) is 11.3 Å². The second kappa shape index (κ2) is 6.55. The summed E-state index contributed by atoms with van der Waals surface area (Å²) in [6.45, 7) is 5.37. The Kier molecular flexibility index (Phi) is 5.04. The van der Waals surface area contributed by atoms with Crippen LogP contribution in [0.3, 0.4) is 0 Å². The van der Waals surface area contributed by atoms with E-state index in [-0.39, 0.29) is 5.91 Å². The van der Waals surface area contributed by atoms with E-state index in [9.17, 15) is 4.79 Å². The van der Waals surface area contributed by atoms with Crippen molar-refractivity contribution in [2.24, 2.45) is 11.3 Å². The van der Waals surface area contributed by atoms with Gasteiger partial charge in [0.25, 0.3) is 0 Å². The Labute approximate surface area is 111 Å². The number of hydrogen-bond donors (Lipinski definition) is 2. The molecule has 0 bridgehead atoms. The fourth-order valence-electron chi connectivity index (χ4n) is 3.32. The standard InChI is InChI=1S/C15H28N2O/c1-2-6-15(7-9-16-10-8-15)12-17-14(18)11-13-4-3-5-13/h13,16H,2-12H2,1H3,(H,17,18). The van der Waals surface area contributed by atoms with E-state index in [1.54, 1.807) is 0 Å². The van der Waals surface area contributed by atoms with Crippen LogP contribution in [0.2, 0.25) is 0 Å². The van der Waals surface area contributed by atoms with Crippen molar-refractivity contribution in [2.45, 2.75) is 58.3 Å². The van der Waals surface area contributed by atoms with Gasteiger partial charge < -0.3 is 10.6 Å². The summed E-state index contributed by atoms with van der Waals surface area (Å²) in [5.74, 6) is 0.967. The van der Waals surface area contributed by atoms with Crippen molar-refractivity contribution in [2.75, 3.05) is 19.6 Å². The number of carbonyl (C=O) groups is 1. The smallest absolute Gasteiger partial charge is 0.220 e. The summed E-state index contributed by atoms with van der Waals surface area (Å²) in [5, 5.41) is 6.63. The second-order valence-corrected chi connectivity index (χ2v) is 6.28. The second-order valence-electron chi connectivity index (χ2n) is 6.28. The fraction of sp³-hybridized carbons (Fsp3) is 0.933. The summed E-state index contributed by atoms with van der Waals surface area (Å²) in [5.41, 5.74) is 0.370. The van der Waals surface area contributed by atoms with Crippen LogP contribution in [0, 0.1) is 11.3 Å². The van der Waals surface area contributed by atoms with Crippen LogP contribution < -0.4 is 10.6 Å². The van der Waals surface area contributed by atoms with Gasteiger partial charge >= 0.3 is 0 Å². The first kappa shape index (κ1) is 13.9. The Balaban J connectivity index is 1.75. The Morgan fingerprint density at radius 3 is 2.61 bits per heavy atom. The van der Waals surface area contributed by atoms with Crippen LogP contribution in [-0.4, -0.2) is 25.5 Å². The third-order valence-corrected chi connectivity index (χ3v) is 4.80. The molecule has 0 radical (unpaired) electrons. The van der Waals surface area contributed by atoms with Crippen LogP contribution in [0.4, 0.5) is 0 Å². The maximum atomic E-state index is 11.9. The molecule has 2 fully saturated rings. The zero-order chi connectivity index (χ0) is 12.8. The van der Waals surface area contributed by atoms with Gasteiger partial charge in [-0.15, -0.1) is 0 Å². The Hall–Kier alpha value is -0.570. The molecule has 1 aliphatic heterocycles. The molecule has 18 heavy (non-hydrogen) atoms. The molecule has 2 N–H and O–H groups in total. The minimum Gasteiger partial charge on any atom is -0.356 e. The zero-order valence-corrected chi connectivity index (χ0v) is 11.8. The van der Waals surface area contributed by atoms with Crippen molar-refractivity contribution in [1.82, 2.24) is 10.6 Å². The van der Waals surface area contributed by atoms with Crippen LogP contribution >= 0.6 is 0 Å². The molecule has 1 saturated heterocycles. The largest absolute Gasteiger partial charge is 0.356 e. The molecule has 0 atom stereocenters. The number of hydrogen-bond acceptors (Lipinski definition) is 2. The molecular formula is C15H28N2O. The molecular weight excluding hydrogens is 224 g/mol. The predicted molar refractivity (Wildman–Crippen MR) is 74.4 cm³/mol. The first-order valence-corrected chi connectivity index (χ1v) is 7.71. The van der Waals surface area contributed by atoms with E-state index >= 15 is 0 Å². The molecule has 0 aromatic rings. The van der Waals surface area contributed by atoms with Crippen molar-refractivity contribution in [3.63, 3.8) is 0 Å². The number of rotatable bonds is 6. The molecule has 0 spiro atoms. The van der Waals surface area contributed by atoms with E-state index in [1.165, 1.54) is 44.9 Å². The lowest BCUT2D eigenvalue weighted by atomic mass is 9.75. The fourth-order valence-corrected chi connectivity index (χ4v) is 3.32. The molecule has 2 aliphatic rings. The van der Waals surface area contributed by atoms with Crippen molar-refractivity contribution in [3.8, 4) is 0 Å². The van der Waals surface area contributed by atoms with E-state index in [4.69, 9.17) is 0 Å². The minimum absolute atomic E-state index is 0.286. The van der Waals surface area contributed by atoms with Crippen molar-refractivity contribution >= 4 is 5.91 Å². The molecule has 3 heteroatoms. The Morgan fingerprint density at radius 1 is 1.33 bits per heavy atom. The highest BCUT2D eigenvalue weighted by Crippen LogP contribution is 2.33. The van der Waals surface area contributed by atoms with E-state index in [0.717, 1.165) is 26.1 Å². The normalized spacial score (nSPS) is 23.4. The maximum absolute atomic E-state index is 11.9. The molecule has 1 amide bonds. The summed E-state index contributed by atoms with van der Waals surface area (Å²) < 4.78 is 0. The molecule has 0 aromatic carbocycles. The van der Waals surface area contributed by atoms with Crippen LogP contribution in [0.25, 0.3) is 0 Å². The molecule has 0 unspecified atom stereocenters. The third kappa shape index (κ3) is 3.71. The molecule has 1 aliphatic carbocycles. The number of amides is 1. The minimum atomic E-state index is 0.286. The highest BCUT2D eigenvalue weighted by molar-refractivity contribution is 5.76. The molecule has 0 aromatic heterocycles. The lowest BCUT2D eigenvalue weighted by molar-refractivity contribution is -0.123. The summed E-state index contributed by atoms with van der Waals surface area (Å²) in [6.07, 6.45) is 9.50. The van der Waals surface area contributed by atoms with Crippen LogP contribution in [0.15, 0.2) is 0 Å². The summed E-state index contributed by atoms with van der Waals surface area (Å²) in [4.78, 5) is 11.9. The number of piperidine rings is 1. The Bertz CT molecular complexity index is 262. The predicted octanol–water partition coefficient (Wildman–Crippen LogP) is 2.46. The van der Waals surface area contributed by atoms with Crippen LogP contribution in [0.1, 0.15) is 58.3 Å². The lowest BCUT2D eigenvalue weighted by Crippen LogP contribution is -2.45. The van der Waals surface area contributed by atoms with Crippen LogP contribution in [-0.2, 0) is 4.79 Å². The van der Waals surface area contributed by atoms with Gasteiger partial charge in [-0.2, -0.15) is 0 Å². The average molecular weight is 252 g/mol. The van der Waals surface area contributed by atoms with Crippen molar-refractivity contribution < 1.29 is 4.79 Å². The molecule has 1 heterocycles. The first-order valence-electron chi connectivity index (χ1n) is 7.71. The van der Waals surface area contributed by atoms with Gasteiger partial charge in [-0.05, 0) is 56.5 Å². The highest BCUT2D eigenvalue weighted by atomic mass is 16.1. The third-order valence-electron chi connectivity index (χ3n) is 4.80. The topological polar surface area (TPSA) is 41.1 Å².